The number of hydrogen-bond donors (Lipinski definition) is 0. The summed E-state index contributed by atoms with van der Waals surface area (Å²) in [7, 11) is 1.12. The minimum atomic E-state index is 1.10. The van der Waals surface area contributed by atoms with Gasteiger partial charge in [-0.25, -0.2) is 0 Å². The minimum absolute atomic E-state index is 1.10. The van der Waals surface area contributed by atoms with Crippen molar-refractivity contribution in [2.24, 2.45) is 0 Å². The fraction of sp³-hybridized carbons (Fsp3) is 0.167. The van der Waals surface area contributed by atoms with Gasteiger partial charge in [-0.3, -0.25) is 0 Å². The summed E-state index contributed by atoms with van der Waals surface area (Å²) in [5.41, 5.74) is 1.36. The van der Waals surface area contributed by atoms with Crippen LogP contribution in [0, 0.1) is 0 Å². The summed E-state index contributed by atoms with van der Waals surface area (Å²) in [6.07, 6.45) is 9.65. The van der Waals surface area contributed by atoms with Gasteiger partial charge in [-0.2, -0.15) is 0 Å². The van der Waals surface area contributed by atoms with E-state index in [1.54, 1.807) is 0 Å². The maximum atomic E-state index is 2.19. The predicted molar refractivity (Wildman–Crippen MR) is 64.5 cm³/mol. The maximum Gasteiger partial charge on any atom is 0.0392 e. The van der Waals surface area contributed by atoms with E-state index in [0.717, 1.165) is 16.7 Å². The largest absolute Gasteiger partial charge is 0.0848 e. The first kappa shape index (κ1) is 10.0. The van der Waals surface area contributed by atoms with Gasteiger partial charge in [-0.1, -0.05) is 60.7 Å². The van der Waals surface area contributed by atoms with Crippen molar-refractivity contribution in [2.45, 2.75) is 13.3 Å². The molecule has 0 fully saturated rings. The Kier molecular flexibility index (Phi) is 4.26. The molecule has 0 heterocycles. The topological polar surface area (TPSA) is 0 Å². The van der Waals surface area contributed by atoms with E-state index in [2.05, 4.69) is 55.5 Å². The Morgan fingerprint density at radius 1 is 1.23 bits per heavy atom. The van der Waals surface area contributed by atoms with E-state index in [4.69, 9.17) is 0 Å². The minimum Gasteiger partial charge on any atom is -0.0848 e. The van der Waals surface area contributed by atoms with Crippen molar-refractivity contribution in [3.8, 4) is 0 Å². The smallest absolute Gasteiger partial charge is 0.0392 e. The van der Waals surface area contributed by atoms with Gasteiger partial charge >= 0.3 is 0 Å². The molecule has 1 heteroatoms. The van der Waals surface area contributed by atoms with Crippen LogP contribution in [-0.4, -0.2) is 10.2 Å². The van der Waals surface area contributed by atoms with E-state index in [9.17, 15) is 0 Å². The van der Waals surface area contributed by atoms with E-state index < -0.39 is 0 Å². The van der Waals surface area contributed by atoms with Crippen LogP contribution in [-0.2, 0) is 0 Å². The van der Waals surface area contributed by atoms with E-state index in [1.165, 1.54) is 10.8 Å². The molecule has 1 aromatic carbocycles. The molecule has 1 aromatic rings. The van der Waals surface area contributed by atoms with Crippen LogP contribution in [0.15, 0.2) is 42.5 Å². The van der Waals surface area contributed by atoms with Crippen LogP contribution in [0.1, 0.15) is 18.9 Å². The van der Waals surface area contributed by atoms with Crippen molar-refractivity contribution >= 4 is 21.5 Å². The third-order valence-electron chi connectivity index (χ3n) is 1.95. The third-order valence-corrected chi connectivity index (χ3v) is 2.86. The summed E-state index contributed by atoms with van der Waals surface area (Å²) in [6.45, 7) is 2.14. The van der Waals surface area contributed by atoms with Crippen LogP contribution in [0.3, 0.4) is 0 Å². The van der Waals surface area contributed by atoms with Gasteiger partial charge in [0.2, 0.25) is 0 Å². The molecule has 0 radical (unpaired) electrons. The summed E-state index contributed by atoms with van der Waals surface area (Å²) in [6, 6.07) is 8.54. The third kappa shape index (κ3) is 3.43. The summed E-state index contributed by atoms with van der Waals surface area (Å²) >= 11 is 0. The molecule has 0 saturated carbocycles. The molecule has 1 rings (SSSR count). The first-order valence-corrected chi connectivity index (χ1v) is 5.73. The van der Waals surface area contributed by atoms with Gasteiger partial charge in [0.05, 0.1) is 0 Å². The molecule has 0 aliphatic rings. The summed E-state index contributed by atoms with van der Waals surface area (Å²) in [5, 5.41) is 1.46. The van der Waals surface area contributed by atoms with Gasteiger partial charge in [-0.05, 0) is 12.0 Å². The molecule has 0 nitrogen and oxygen atoms in total. The van der Waals surface area contributed by atoms with Crippen molar-refractivity contribution < 1.29 is 0 Å². The van der Waals surface area contributed by atoms with Crippen LogP contribution in [0.25, 0.3) is 6.08 Å². The Hall–Kier alpha value is -1.08. The first-order valence-electron chi connectivity index (χ1n) is 4.73. The zero-order valence-corrected chi connectivity index (χ0v) is 10.3. The van der Waals surface area contributed by atoms with Crippen LogP contribution in [0.5, 0.6) is 0 Å². The normalized spacial score (nSPS) is 11.8. The lowest BCUT2D eigenvalue weighted by molar-refractivity contribution is 1.22. The highest BCUT2D eigenvalue weighted by Crippen LogP contribution is 1.97. The number of allylic oxidation sites excluding steroid dienone is 3. The van der Waals surface area contributed by atoms with E-state index in [-0.39, 0.29) is 0 Å². The van der Waals surface area contributed by atoms with E-state index in [0.29, 0.717) is 0 Å². The SMILES string of the molecule is CCC=CC=Cc1ccccc1[SiH3]. The van der Waals surface area contributed by atoms with Crippen LogP contribution in [0.4, 0.5) is 0 Å². The Bertz CT molecular complexity index is 311. The van der Waals surface area contributed by atoms with Gasteiger partial charge in [0.15, 0.2) is 0 Å². The molecule has 0 bridgehead atoms. The number of benzene rings is 1. The maximum absolute atomic E-state index is 2.19. The molecule has 0 N–H and O–H groups in total. The van der Waals surface area contributed by atoms with Gasteiger partial charge in [0.25, 0.3) is 0 Å². The highest BCUT2D eigenvalue weighted by atomic mass is 28.1. The van der Waals surface area contributed by atoms with Crippen molar-refractivity contribution in [1.82, 2.24) is 0 Å². The standard InChI is InChI=1S/C12H16Si/c1-2-3-4-5-8-11-9-6-7-10-12(11)13/h3-10H,2H2,1,13H3. The quantitative estimate of drug-likeness (QED) is 0.500. The lowest BCUT2D eigenvalue weighted by Crippen LogP contribution is -2.04. The van der Waals surface area contributed by atoms with Gasteiger partial charge in [0, 0.05) is 10.2 Å². The number of rotatable bonds is 3. The molecular weight excluding hydrogens is 172 g/mol. The van der Waals surface area contributed by atoms with Crippen molar-refractivity contribution in [1.29, 1.82) is 0 Å². The van der Waals surface area contributed by atoms with Gasteiger partial charge in [0.1, 0.15) is 0 Å². The molecule has 0 aromatic heterocycles. The monoisotopic (exact) mass is 188 g/mol. The highest BCUT2D eigenvalue weighted by Gasteiger charge is 1.88. The second-order valence-corrected chi connectivity index (χ2v) is 4.13. The van der Waals surface area contributed by atoms with Crippen molar-refractivity contribution in [2.75, 3.05) is 0 Å². The molecule has 0 saturated heterocycles. The lowest BCUT2D eigenvalue weighted by Gasteiger charge is -1.96. The molecule has 13 heavy (non-hydrogen) atoms. The molecular formula is C12H16Si. The molecule has 0 unspecified atom stereocenters. The Morgan fingerprint density at radius 2 is 2.00 bits per heavy atom. The first-order chi connectivity index (χ1) is 6.34. The average molecular weight is 188 g/mol. The number of hydrogen-bond acceptors (Lipinski definition) is 0. The Balaban J connectivity index is 2.68. The Morgan fingerprint density at radius 3 is 2.69 bits per heavy atom. The van der Waals surface area contributed by atoms with Crippen molar-refractivity contribution in [3.63, 3.8) is 0 Å². The van der Waals surface area contributed by atoms with Gasteiger partial charge in [-0.15, -0.1) is 0 Å². The Labute approximate surface area is 83.4 Å². The van der Waals surface area contributed by atoms with E-state index in [1.807, 2.05) is 0 Å². The van der Waals surface area contributed by atoms with Crippen molar-refractivity contribution in [3.05, 3.63) is 48.1 Å². The fourth-order valence-electron chi connectivity index (χ4n) is 1.15. The molecule has 0 aliphatic heterocycles. The molecule has 0 aliphatic carbocycles. The molecule has 0 atom stereocenters. The van der Waals surface area contributed by atoms with Crippen LogP contribution < -0.4 is 5.19 Å². The molecule has 0 amide bonds. The zero-order chi connectivity index (χ0) is 9.52. The van der Waals surface area contributed by atoms with Crippen LogP contribution >= 0.6 is 0 Å². The second kappa shape index (κ2) is 5.54. The van der Waals surface area contributed by atoms with Gasteiger partial charge < -0.3 is 0 Å². The molecule has 68 valence electrons. The molecule has 0 spiro atoms. The summed E-state index contributed by atoms with van der Waals surface area (Å²) < 4.78 is 0. The van der Waals surface area contributed by atoms with E-state index >= 15 is 0 Å². The summed E-state index contributed by atoms with van der Waals surface area (Å²) in [5.74, 6) is 0. The van der Waals surface area contributed by atoms with Crippen LogP contribution in [0.2, 0.25) is 0 Å². The fourth-order valence-corrected chi connectivity index (χ4v) is 1.67. The predicted octanol–water partition coefficient (Wildman–Crippen LogP) is 1.66. The highest BCUT2D eigenvalue weighted by molar-refractivity contribution is 6.34. The zero-order valence-electron chi connectivity index (χ0n) is 8.33. The lowest BCUT2D eigenvalue weighted by atomic mass is 10.2. The summed E-state index contributed by atoms with van der Waals surface area (Å²) in [4.78, 5) is 0. The second-order valence-electron chi connectivity index (χ2n) is 3.05. The average Bonchev–Trinajstić information content (AvgIpc) is 2.15.